The first-order valence-electron chi connectivity index (χ1n) is 10.2. The smallest absolute Gasteiger partial charge is 0.252 e. The van der Waals surface area contributed by atoms with Crippen molar-refractivity contribution in [3.8, 4) is 5.82 Å². The largest absolute Gasteiger partial charge is 0.350 e. The number of likely N-dealkylation sites (tertiary alicyclic amines) is 2. The summed E-state index contributed by atoms with van der Waals surface area (Å²) in [4.78, 5) is 26.0. The molecule has 0 aliphatic carbocycles. The summed E-state index contributed by atoms with van der Waals surface area (Å²) in [6, 6.07) is 3.58. The lowest BCUT2D eigenvalue weighted by Gasteiger charge is -2.50. The van der Waals surface area contributed by atoms with Crippen LogP contribution in [0, 0.1) is 0 Å². The van der Waals surface area contributed by atoms with Crippen LogP contribution in [0.2, 0.25) is 0 Å². The van der Waals surface area contributed by atoms with Gasteiger partial charge < -0.3 is 10.2 Å². The van der Waals surface area contributed by atoms with Gasteiger partial charge in [0.15, 0.2) is 5.82 Å². The molecule has 0 unspecified atom stereocenters. The maximum absolute atomic E-state index is 12.8. The van der Waals surface area contributed by atoms with Crippen LogP contribution in [-0.2, 0) is 0 Å². The van der Waals surface area contributed by atoms with Gasteiger partial charge in [-0.2, -0.15) is 5.10 Å². The summed E-state index contributed by atoms with van der Waals surface area (Å²) in [5.74, 6) is 0.585. The van der Waals surface area contributed by atoms with E-state index in [1.807, 2.05) is 0 Å². The molecule has 4 heterocycles. The van der Waals surface area contributed by atoms with Crippen molar-refractivity contribution in [3.63, 3.8) is 0 Å². The molecular weight excluding hydrogens is 354 g/mol. The molecule has 0 aromatic carbocycles. The number of pyridine rings is 1. The molecule has 1 N–H and O–H groups in total. The number of nitrogens with one attached hydrogen (secondary N) is 1. The summed E-state index contributed by atoms with van der Waals surface area (Å²) in [5.41, 5.74) is 0.655. The second-order valence-electron chi connectivity index (χ2n) is 8.00. The van der Waals surface area contributed by atoms with Gasteiger partial charge in [-0.25, -0.2) is 14.6 Å². The second-order valence-corrected chi connectivity index (χ2v) is 8.00. The lowest BCUT2D eigenvalue weighted by atomic mass is 9.84. The zero-order valence-electron chi connectivity index (χ0n) is 16.5. The molecule has 2 aliphatic heterocycles. The zero-order valence-corrected chi connectivity index (χ0v) is 16.5. The van der Waals surface area contributed by atoms with Gasteiger partial charge in [0.2, 0.25) is 0 Å². The highest BCUT2D eigenvalue weighted by atomic mass is 16.1. The van der Waals surface area contributed by atoms with Crippen molar-refractivity contribution in [2.24, 2.45) is 0 Å². The second kappa shape index (κ2) is 8.36. The lowest BCUT2D eigenvalue weighted by Crippen LogP contribution is -2.61. The number of carbonyl (C=O) groups is 1. The molecule has 0 atom stereocenters. The standard InChI is InChI=1S/C20H29N7O/c1-25-11-7-20(8-12-25,26-9-3-2-4-10-26)14-23-19(28)17-5-6-18(22-13-17)27-16-21-15-24-27/h5-6,13,15-16H,2-4,7-12,14H2,1H3,(H,23,28). The van der Waals surface area contributed by atoms with E-state index >= 15 is 0 Å². The SMILES string of the molecule is CN1CCC(CNC(=O)c2ccc(-n3cncn3)nc2)(N2CCCCC2)CC1. The highest BCUT2D eigenvalue weighted by Crippen LogP contribution is 2.31. The lowest BCUT2D eigenvalue weighted by molar-refractivity contribution is 0.0145. The van der Waals surface area contributed by atoms with Crippen molar-refractivity contribution < 1.29 is 4.79 Å². The van der Waals surface area contributed by atoms with Crippen molar-refractivity contribution in [1.29, 1.82) is 0 Å². The van der Waals surface area contributed by atoms with Gasteiger partial charge in [0.25, 0.3) is 5.91 Å². The molecule has 2 aromatic rings. The van der Waals surface area contributed by atoms with Gasteiger partial charge in [0.05, 0.1) is 5.56 Å². The van der Waals surface area contributed by atoms with Gasteiger partial charge in [0, 0.05) is 18.3 Å². The van der Waals surface area contributed by atoms with Crippen molar-refractivity contribution in [3.05, 3.63) is 36.5 Å². The number of carbonyl (C=O) groups excluding carboxylic acids is 1. The Bertz CT molecular complexity index is 760. The summed E-state index contributed by atoms with van der Waals surface area (Å²) < 4.78 is 1.57. The fraction of sp³-hybridized carbons (Fsp3) is 0.600. The first-order valence-corrected chi connectivity index (χ1v) is 10.2. The Morgan fingerprint density at radius 2 is 1.93 bits per heavy atom. The van der Waals surface area contributed by atoms with Crippen molar-refractivity contribution in [1.82, 2.24) is 34.9 Å². The molecule has 0 radical (unpaired) electrons. The fourth-order valence-corrected chi connectivity index (χ4v) is 4.34. The van der Waals surface area contributed by atoms with Crippen LogP contribution in [0.1, 0.15) is 42.5 Å². The van der Waals surface area contributed by atoms with E-state index in [1.54, 1.807) is 29.3 Å². The molecule has 1 amide bonds. The number of amides is 1. The minimum Gasteiger partial charge on any atom is -0.350 e. The van der Waals surface area contributed by atoms with E-state index in [0.29, 0.717) is 17.9 Å². The van der Waals surface area contributed by atoms with Crippen molar-refractivity contribution in [2.75, 3.05) is 39.8 Å². The minimum absolute atomic E-state index is 0.0621. The fourth-order valence-electron chi connectivity index (χ4n) is 4.34. The summed E-state index contributed by atoms with van der Waals surface area (Å²) >= 11 is 0. The van der Waals surface area contributed by atoms with E-state index in [4.69, 9.17) is 0 Å². The molecule has 2 fully saturated rings. The molecule has 8 nitrogen and oxygen atoms in total. The number of hydrogen-bond donors (Lipinski definition) is 1. The predicted molar refractivity (Wildman–Crippen MR) is 106 cm³/mol. The average molecular weight is 384 g/mol. The molecule has 2 aliphatic rings. The Morgan fingerprint density at radius 1 is 1.14 bits per heavy atom. The molecule has 8 heteroatoms. The Kier molecular flexibility index (Phi) is 5.68. The van der Waals surface area contributed by atoms with Crippen molar-refractivity contribution >= 4 is 5.91 Å². The number of hydrogen-bond acceptors (Lipinski definition) is 6. The van der Waals surface area contributed by atoms with Gasteiger partial charge >= 0.3 is 0 Å². The Labute approximate surface area is 165 Å². The summed E-state index contributed by atoms with van der Waals surface area (Å²) in [6.07, 6.45) is 10.7. The summed E-state index contributed by atoms with van der Waals surface area (Å²) in [5, 5.41) is 7.26. The van der Waals surface area contributed by atoms with Crippen molar-refractivity contribution in [2.45, 2.75) is 37.6 Å². The quantitative estimate of drug-likeness (QED) is 0.840. The topological polar surface area (TPSA) is 79.2 Å². The van der Waals surface area contributed by atoms with Gasteiger partial charge in [-0.15, -0.1) is 0 Å². The molecule has 0 saturated carbocycles. The monoisotopic (exact) mass is 383 g/mol. The Balaban J connectivity index is 1.42. The van der Waals surface area contributed by atoms with E-state index in [0.717, 1.165) is 39.0 Å². The highest BCUT2D eigenvalue weighted by molar-refractivity contribution is 5.94. The normalized spacial score (nSPS) is 20.8. The van der Waals surface area contributed by atoms with Crippen LogP contribution in [-0.4, -0.2) is 80.8 Å². The zero-order chi connectivity index (χ0) is 19.4. The average Bonchev–Trinajstić information content (AvgIpc) is 3.29. The minimum atomic E-state index is -0.0621. The van der Waals surface area contributed by atoms with E-state index in [2.05, 4.69) is 37.2 Å². The molecule has 0 spiro atoms. The Hall–Kier alpha value is -2.32. The highest BCUT2D eigenvalue weighted by Gasteiger charge is 2.39. The van der Waals surface area contributed by atoms with E-state index in [-0.39, 0.29) is 11.4 Å². The van der Waals surface area contributed by atoms with Gasteiger partial charge in [0.1, 0.15) is 12.7 Å². The van der Waals surface area contributed by atoms with E-state index in [1.165, 1.54) is 25.6 Å². The number of piperidine rings is 2. The maximum atomic E-state index is 12.8. The van der Waals surface area contributed by atoms with Crippen LogP contribution in [0.25, 0.3) is 5.82 Å². The van der Waals surface area contributed by atoms with Crippen LogP contribution >= 0.6 is 0 Å². The predicted octanol–water partition coefficient (Wildman–Crippen LogP) is 1.34. The van der Waals surface area contributed by atoms with Crippen LogP contribution in [0.15, 0.2) is 31.0 Å². The van der Waals surface area contributed by atoms with Gasteiger partial charge in [-0.3, -0.25) is 9.69 Å². The molecule has 28 heavy (non-hydrogen) atoms. The number of rotatable bonds is 5. The van der Waals surface area contributed by atoms with Gasteiger partial charge in [-0.1, -0.05) is 6.42 Å². The number of nitrogens with zero attached hydrogens (tertiary/aromatic N) is 6. The summed E-state index contributed by atoms with van der Waals surface area (Å²) in [7, 11) is 2.18. The van der Waals surface area contributed by atoms with Crippen LogP contribution in [0.3, 0.4) is 0 Å². The molecular formula is C20H29N7O. The summed E-state index contributed by atoms with van der Waals surface area (Å²) in [6.45, 7) is 5.16. The van der Waals surface area contributed by atoms with Crippen LogP contribution in [0.5, 0.6) is 0 Å². The Morgan fingerprint density at radius 3 is 2.57 bits per heavy atom. The maximum Gasteiger partial charge on any atom is 0.252 e. The number of aromatic nitrogens is 4. The molecule has 0 bridgehead atoms. The van der Waals surface area contributed by atoms with E-state index in [9.17, 15) is 4.79 Å². The first kappa shape index (κ1) is 19.0. The van der Waals surface area contributed by atoms with E-state index < -0.39 is 0 Å². The third-order valence-electron chi connectivity index (χ3n) is 6.19. The molecule has 2 aromatic heterocycles. The van der Waals surface area contributed by atoms with Gasteiger partial charge in [-0.05, 0) is 71.0 Å². The third-order valence-corrected chi connectivity index (χ3v) is 6.19. The molecule has 150 valence electrons. The molecule has 2 saturated heterocycles. The third kappa shape index (κ3) is 4.07. The van der Waals surface area contributed by atoms with Crippen LogP contribution in [0.4, 0.5) is 0 Å². The molecule has 4 rings (SSSR count). The first-order chi connectivity index (χ1) is 13.7. The van der Waals surface area contributed by atoms with Crippen LogP contribution < -0.4 is 5.32 Å².